The minimum Gasteiger partial charge on any atom is -0.497 e. The molecule has 0 radical (unpaired) electrons. The largest absolute Gasteiger partial charge is 0.497 e. The van der Waals surface area contributed by atoms with Gasteiger partial charge >= 0.3 is 0 Å². The van der Waals surface area contributed by atoms with E-state index in [1.54, 1.807) is 7.11 Å². The van der Waals surface area contributed by atoms with Gasteiger partial charge in [-0.1, -0.05) is 41.9 Å². The number of ether oxygens (including phenoxy) is 1. The molecule has 2 aromatic carbocycles. The van der Waals surface area contributed by atoms with Crippen LogP contribution in [0.15, 0.2) is 48.5 Å². The number of rotatable bonds is 8. The van der Waals surface area contributed by atoms with Crippen molar-refractivity contribution in [3.63, 3.8) is 0 Å². The highest BCUT2D eigenvalue weighted by molar-refractivity contribution is 6.31. The van der Waals surface area contributed by atoms with Gasteiger partial charge in [-0.3, -0.25) is 9.69 Å². The lowest BCUT2D eigenvalue weighted by Gasteiger charge is -2.32. The predicted molar refractivity (Wildman–Crippen MR) is 114 cm³/mol. The maximum atomic E-state index is 12.6. The van der Waals surface area contributed by atoms with Crippen LogP contribution in [0.5, 0.6) is 5.75 Å². The van der Waals surface area contributed by atoms with Crippen LogP contribution in [0.2, 0.25) is 5.02 Å². The number of likely N-dealkylation sites (tertiary alicyclic amines) is 1. The summed E-state index contributed by atoms with van der Waals surface area (Å²) in [6.07, 6.45) is 3.90. The Balaban J connectivity index is 1.40. The molecule has 0 spiro atoms. The first kappa shape index (κ1) is 20.7. The Morgan fingerprint density at radius 3 is 2.75 bits per heavy atom. The molecule has 28 heavy (non-hydrogen) atoms. The summed E-state index contributed by atoms with van der Waals surface area (Å²) in [4.78, 5) is 14.9. The van der Waals surface area contributed by atoms with E-state index >= 15 is 0 Å². The van der Waals surface area contributed by atoms with Gasteiger partial charge < -0.3 is 10.1 Å². The molecule has 0 aliphatic carbocycles. The topological polar surface area (TPSA) is 41.6 Å². The van der Waals surface area contributed by atoms with Gasteiger partial charge in [-0.2, -0.15) is 0 Å². The van der Waals surface area contributed by atoms with Crippen LogP contribution in [0.25, 0.3) is 0 Å². The van der Waals surface area contributed by atoms with Crippen molar-refractivity contribution >= 4 is 17.5 Å². The van der Waals surface area contributed by atoms with Gasteiger partial charge in [0.25, 0.3) is 0 Å². The third-order valence-corrected chi connectivity index (χ3v) is 5.70. The summed E-state index contributed by atoms with van der Waals surface area (Å²) in [7, 11) is 1.67. The Bertz CT molecular complexity index is 763. The van der Waals surface area contributed by atoms with Crippen LogP contribution in [-0.2, 0) is 17.8 Å². The van der Waals surface area contributed by atoms with E-state index < -0.39 is 0 Å². The summed E-state index contributed by atoms with van der Waals surface area (Å²) >= 11 is 6.28. The van der Waals surface area contributed by atoms with Crippen LogP contribution < -0.4 is 10.1 Å². The quantitative estimate of drug-likeness (QED) is 0.671. The van der Waals surface area contributed by atoms with E-state index in [1.165, 1.54) is 5.56 Å². The highest BCUT2D eigenvalue weighted by Gasteiger charge is 2.25. The van der Waals surface area contributed by atoms with Crippen molar-refractivity contribution in [2.75, 3.05) is 26.7 Å². The highest BCUT2D eigenvalue weighted by Crippen LogP contribution is 2.22. The molecule has 3 rings (SSSR count). The van der Waals surface area contributed by atoms with Crippen molar-refractivity contribution in [3.05, 3.63) is 64.7 Å². The third kappa shape index (κ3) is 5.98. The number of nitrogens with zero attached hydrogens (tertiary/aromatic N) is 1. The number of carbonyl (C=O) groups is 1. The number of methoxy groups -OCH3 is 1. The maximum absolute atomic E-state index is 12.6. The lowest BCUT2D eigenvalue weighted by Crippen LogP contribution is -2.43. The van der Waals surface area contributed by atoms with E-state index in [0.29, 0.717) is 6.54 Å². The number of hydrogen-bond acceptors (Lipinski definition) is 3. The van der Waals surface area contributed by atoms with Gasteiger partial charge in [0.15, 0.2) is 0 Å². The summed E-state index contributed by atoms with van der Waals surface area (Å²) in [5, 5.41) is 3.92. The summed E-state index contributed by atoms with van der Waals surface area (Å²) in [5.74, 6) is 1.12. The summed E-state index contributed by atoms with van der Waals surface area (Å²) < 4.78 is 5.18. The van der Waals surface area contributed by atoms with Gasteiger partial charge in [0.05, 0.1) is 13.0 Å². The van der Waals surface area contributed by atoms with Crippen molar-refractivity contribution in [1.82, 2.24) is 10.2 Å². The first-order valence-corrected chi connectivity index (χ1v) is 10.4. The Labute approximate surface area is 172 Å². The molecule has 0 aromatic heterocycles. The molecular weight excluding hydrogens is 372 g/mol. The maximum Gasteiger partial charge on any atom is 0.224 e. The summed E-state index contributed by atoms with van der Waals surface area (Å²) in [5.41, 5.74) is 2.39. The minimum atomic E-state index is 0.0669. The van der Waals surface area contributed by atoms with Gasteiger partial charge in [-0.05, 0) is 61.6 Å². The monoisotopic (exact) mass is 400 g/mol. The van der Waals surface area contributed by atoms with Crippen molar-refractivity contribution < 1.29 is 9.53 Å². The van der Waals surface area contributed by atoms with Crippen LogP contribution in [0.1, 0.15) is 30.4 Å². The van der Waals surface area contributed by atoms with Gasteiger partial charge in [-0.25, -0.2) is 0 Å². The van der Waals surface area contributed by atoms with E-state index in [0.717, 1.165) is 61.7 Å². The molecule has 1 fully saturated rings. The predicted octanol–water partition coefficient (Wildman–Crippen LogP) is 4.31. The molecule has 1 aliphatic rings. The highest BCUT2D eigenvalue weighted by atomic mass is 35.5. The second-order valence-electron chi connectivity index (χ2n) is 7.41. The molecule has 1 aliphatic heterocycles. The molecule has 1 saturated heterocycles. The third-order valence-electron chi connectivity index (χ3n) is 5.33. The Morgan fingerprint density at radius 2 is 2.00 bits per heavy atom. The number of piperidine rings is 1. The van der Waals surface area contributed by atoms with Gasteiger partial charge in [0.1, 0.15) is 5.75 Å². The lowest BCUT2D eigenvalue weighted by molar-refractivity contribution is -0.126. The number of halogens is 1. The molecule has 4 nitrogen and oxygen atoms in total. The van der Waals surface area contributed by atoms with Crippen molar-refractivity contribution in [1.29, 1.82) is 0 Å². The Hall–Kier alpha value is -2.04. The number of nitrogens with one attached hydrogen (secondary N) is 1. The molecule has 1 amide bonds. The number of hydrogen-bond donors (Lipinski definition) is 1. The second kappa shape index (κ2) is 10.5. The lowest BCUT2D eigenvalue weighted by atomic mass is 9.96. The van der Waals surface area contributed by atoms with Gasteiger partial charge in [-0.15, -0.1) is 0 Å². The van der Waals surface area contributed by atoms with E-state index in [4.69, 9.17) is 16.3 Å². The molecule has 1 atom stereocenters. The zero-order valence-corrected chi connectivity index (χ0v) is 17.3. The standard InChI is InChI=1S/C23H29ClN2O2/c1-28-21-12-10-18(11-13-21)6-4-14-25-23(27)20-8-5-15-26(17-20)16-19-7-2-3-9-22(19)24/h2-3,7,9-13,20H,4-6,8,14-17H2,1H3,(H,25,27). The van der Waals surface area contributed by atoms with E-state index in [-0.39, 0.29) is 11.8 Å². The summed E-state index contributed by atoms with van der Waals surface area (Å²) in [6, 6.07) is 16.1. The van der Waals surface area contributed by atoms with Crippen LogP contribution in [0.4, 0.5) is 0 Å². The number of aryl methyl sites for hydroxylation is 1. The van der Waals surface area contributed by atoms with Crippen LogP contribution in [-0.4, -0.2) is 37.6 Å². The second-order valence-corrected chi connectivity index (χ2v) is 7.82. The van der Waals surface area contributed by atoms with Gasteiger partial charge in [0.2, 0.25) is 5.91 Å². The van der Waals surface area contributed by atoms with Crippen LogP contribution >= 0.6 is 11.6 Å². The number of benzene rings is 2. The van der Waals surface area contributed by atoms with Crippen LogP contribution in [0.3, 0.4) is 0 Å². The van der Waals surface area contributed by atoms with Crippen molar-refractivity contribution in [2.24, 2.45) is 5.92 Å². The van der Waals surface area contributed by atoms with E-state index in [2.05, 4.69) is 28.4 Å². The molecule has 1 unspecified atom stereocenters. The SMILES string of the molecule is COc1ccc(CCCNC(=O)C2CCCN(Cc3ccccc3Cl)C2)cc1. The number of amides is 1. The average molecular weight is 401 g/mol. The molecule has 1 heterocycles. The van der Waals surface area contributed by atoms with E-state index in [9.17, 15) is 4.79 Å². The summed E-state index contributed by atoms with van der Waals surface area (Å²) in [6.45, 7) is 3.34. The average Bonchev–Trinajstić information content (AvgIpc) is 2.73. The first-order valence-electron chi connectivity index (χ1n) is 10.0. The molecule has 5 heteroatoms. The molecule has 150 valence electrons. The molecular formula is C23H29ClN2O2. The molecule has 0 bridgehead atoms. The van der Waals surface area contributed by atoms with Crippen molar-refractivity contribution in [3.8, 4) is 5.75 Å². The zero-order valence-electron chi connectivity index (χ0n) is 16.5. The normalized spacial score (nSPS) is 17.3. The van der Waals surface area contributed by atoms with Crippen molar-refractivity contribution in [2.45, 2.75) is 32.2 Å². The van der Waals surface area contributed by atoms with Gasteiger partial charge in [0, 0.05) is 24.7 Å². The minimum absolute atomic E-state index is 0.0669. The first-order chi connectivity index (χ1) is 13.7. The number of carbonyl (C=O) groups excluding carboxylic acids is 1. The molecule has 0 saturated carbocycles. The Morgan fingerprint density at radius 1 is 1.21 bits per heavy atom. The van der Waals surface area contributed by atoms with Crippen LogP contribution in [0, 0.1) is 5.92 Å². The fourth-order valence-electron chi connectivity index (χ4n) is 3.72. The fraction of sp³-hybridized carbons (Fsp3) is 0.435. The molecule has 1 N–H and O–H groups in total. The molecule has 2 aromatic rings. The zero-order chi connectivity index (χ0) is 19.8. The fourth-order valence-corrected chi connectivity index (χ4v) is 3.92. The smallest absolute Gasteiger partial charge is 0.224 e. The van der Waals surface area contributed by atoms with E-state index in [1.807, 2.05) is 30.3 Å². The Kier molecular flexibility index (Phi) is 7.75.